The molecule has 0 unspecified atom stereocenters. The minimum atomic E-state index is -4.41. The van der Waals surface area contributed by atoms with Crippen molar-refractivity contribution < 1.29 is 18.0 Å². The number of carbonyl (C=O) groups is 1. The zero-order chi connectivity index (χ0) is 12.3. The molecule has 0 aliphatic rings. The maximum absolute atomic E-state index is 12.1. The van der Waals surface area contributed by atoms with Crippen LogP contribution in [0.2, 0.25) is 0 Å². The fraction of sp³-hybridized carbons (Fsp3) is 0.300. The largest absolute Gasteiger partial charge is 0.406 e. The fourth-order valence-electron chi connectivity index (χ4n) is 1.24. The number of hydrogen-bond acceptors (Lipinski definition) is 2. The van der Waals surface area contributed by atoms with Gasteiger partial charge in [-0.1, -0.05) is 12.1 Å². The number of amides is 1. The second kappa shape index (κ2) is 4.42. The van der Waals surface area contributed by atoms with E-state index in [4.69, 9.17) is 5.73 Å². The Morgan fingerprint density at radius 3 is 2.44 bits per heavy atom. The van der Waals surface area contributed by atoms with Gasteiger partial charge in [0, 0.05) is 12.7 Å². The smallest absolute Gasteiger partial charge is 0.398 e. The zero-order valence-electron chi connectivity index (χ0n) is 8.58. The van der Waals surface area contributed by atoms with Gasteiger partial charge in [-0.15, -0.1) is 0 Å². The summed E-state index contributed by atoms with van der Waals surface area (Å²) in [5.74, 6) is -0.740. The lowest BCUT2D eigenvalue weighted by Gasteiger charge is -2.19. The summed E-state index contributed by atoms with van der Waals surface area (Å²) in [6.45, 7) is -1.29. The Balaban J connectivity index is 2.83. The van der Waals surface area contributed by atoms with Crippen molar-refractivity contribution in [3.8, 4) is 0 Å². The molecule has 0 aliphatic carbocycles. The van der Waals surface area contributed by atoms with Gasteiger partial charge in [-0.3, -0.25) is 4.79 Å². The molecule has 1 aromatic rings. The summed E-state index contributed by atoms with van der Waals surface area (Å²) in [6, 6.07) is 6.01. The van der Waals surface area contributed by atoms with Gasteiger partial charge < -0.3 is 10.6 Å². The van der Waals surface area contributed by atoms with Crippen LogP contribution in [-0.2, 0) is 0 Å². The number of nitrogens with two attached hydrogens (primary N) is 1. The highest BCUT2D eigenvalue weighted by molar-refractivity contribution is 5.98. The van der Waals surface area contributed by atoms with E-state index in [1.807, 2.05) is 0 Å². The molecule has 0 bridgehead atoms. The first-order chi connectivity index (χ1) is 7.31. The Kier molecular flexibility index (Phi) is 3.41. The van der Waals surface area contributed by atoms with Gasteiger partial charge in [-0.25, -0.2) is 0 Å². The third-order valence-electron chi connectivity index (χ3n) is 1.95. The molecule has 0 saturated carbocycles. The molecule has 0 spiro atoms. The third-order valence-corrected chi connectivity index (χ3v) is 1.95. The van der Waals surface area contributed by atoms with Crippen molar-refractivity contribution in [1.29, 1.82) is 0 Å². The molecule has 2 N–H and O–H groups in total. The molecule has 0 saturated heterocycles. The summed E-state index contributed by atoms with van der Waals surface area (Å²) in [4.78, 5) is 12.2. The summed E-state index contributed by atoms with van der Waals surface area (Å²) in [7, 11) is 1.09. The number of halogens is 3. The van der Waals surface area contributed by atoms with Gasteiger partial charge in [0.15, 0.2) is 0 Å². The SMILES string of the molecule is CN(CC(F)(F)F)C(=O)c1ccccc1N. The van der Waals surface area contributed by atoms with Gasteiger partial charge in [0.25, 0.3) is 5.91 Å². The van der Waals surface area contributed by atoms with Gasteiger partial charge in [0.2, 0.25) is 0 Å². The Labute approximate surface area is 90.6 Å². The highest BCUT2D eigenvalue weighted by Gasteiger charge is 2.31. The second-order valence-corrected chi connectivity index (χ2v) is 3.36. The maximum atomic E-state index is 12.1. The summed E-state index contributed by atoms with van der Waals surface area (Å²) in [5, 5.41) is 0. The van der Waals surface area contributed by atoms with Crippen molar-refractivity contribution in [2.45, 2.75) is 6.18 Å². The fourth-order valence-corrected chi connectivity index (χ4v) is 1.24. The van der Waals surface area contributed by atoms with Crippen LogP contribution in [0.15, 0.2) is 24.3 Å². The van der Waals surface area contributed by atoms with Crippen molar-refractivity contribution in [3.63, 3.8) is 0 Å². The number of carbonyl (C=O) groups excluding carboxylic acids is 1. The molecular weight excluding hydrogens is 221 g/mol. The molecule has 0 fully saturated rings. The van der Waals surface area contributed by atoms with E-state index in [0.29, 0.717) is 4.90 Å². The van der Waals surface area contributed by atoms with Gasteiger partial charge in [0.05, 0.1) is 5.56 Å². The second-order valence-electron chi connectivity index (χ2n) is 3.36. The van der Waals surface area contributed by atoms with Crippen molar-refractivity contribution in [2.24, 2.45) is 0 Å². The van der Waals surface area contributed by atoms with Crippen molar-refractivity contribution in [2.75, 3.05) is 19.3 Å². The quantitative estimate of drug-likeness (QED) is 0.791. The van der Waals surface area contributed by atoms with Crippen molar-refractivity contribution in [3.05, 3.63) is 29.8 Å². The number of nitrogens with zero attached hydrogens (tertiary/aromatic N) is 1. The molecule has 0 heterocycles. The first-order valence-corrected chi connectivity index (χ1v) is 4.48. The van der Waals surface area contributed by atoms with Crippen LogP contribution in [0.1, 0.15) is 10.4 Å². The Morgan fingerprint density at radius 2 is 1.94 bits per heavy atom. The van der Waals surface area contributed by atoms with E-state index in [1.165, 1.54) is 12.1 Å². The molecule has 6 heteroatoms. The van der Waals surface area contributed by atoms with Crippen LogP contribution in [-0.4, -0.2) is 30.6 Å². The molecule has 0 radical (unpaired) electrons. The number of rotatable bonds is 2. The number of anilines is 1. The standard InChI is InChI=1S/C10H11F3N2O/c1-15(6-10(11,12)13)9(16)7-4-2-3-5-8(7)14/h2-5H,6,14H2,1H3. The van der Waals surface area contributed by atoms with Crippen LogP contribution in [0.25, 0.3) is 0 Å². The summed E-state index contributed by atoms with van der Waals surface area (Å²) in [5.41, 5.74) is 5.74. The minimum Gasteiger partial charge on any atom is -0.398 e. The van der Waals surface area contributed by atoms with E-state index in [2.05, 4.69) is 0 Å². The number of para-hydroxylation sites is 1. The molecule has 88 valence electrons. The Bertz CT molecular complexity index is 390. The highest BCUT2D eigenvalue weighted by Crippen LogP contribution is 2.18. The molecule has 1 aromatic carbocycles. The lowest BCUT2D eigenvalue weighted by Crippen LogP contribution is -2.36. The van der Waals surface area contributed by atoms with Gasteiger partial charge >= 0.3 is 6.18 Å². The van der Waals surface area contributed by atoms with E-state index in [-0.39, 0.29) is 11.3 Å². The molecule has 0 aromatic heterocycles. The number of benzene rings is 1. The van der Waals surface area contributed by atoms with Gasteiger partial charge in [0.1, 0.15) is 6.54 Å². The number of alkyl halides is 3. The van der Waals surface area contributed by atoms with Crippen LogP contribution in [0.3, 0.4) is 0 Å². The Morgan fingerprint density at radius 1 is 1.38 bits per heavy atom. The molecule has 0 aliphatic heterocycles. The maximum Gasteiger partial charge on any atom is 0.406 e. The van der Waals surface area contributed by atoms with Crippen molar-refractivity contribution >= 4 is 11.6 Å². The average Bonchev–Trinajstić information content (AvgIpc) is 2.15. The minimum absolute atomic E-state index is 0.0780. The van der Waals surface area contributed by atoms with Crippen LogP contribution >= 0.6 is 0 Å². The molecule has 1 rings (SSSR count). The summed E-state index contributed by atoms with van der Waals surface area (Å²) in [6.07, 6.45) is -4.41. The van der Waals surface area contributed by atoms with E-state index in [1.54, 1.807) is 12.1 Å². The Hall–Kier alpha value is -1.72. The predicted molar refractivity (Wildman–Crippen MR) is 53.9 cm³/mol. The zero-order valence-corrected chi connectivity index (χ0v) is 8.58. The van der Waals surface area contributed by atoms with Crippen LogP contribution < -0.4 is 5.73 Å². The summed E-state index contributed by atoms with van der Waals surface area (Å²) < 4.78 is 36.2. The first kappa shape index (κ1) is 12.4. The lowest BCUT2D eigenvalue weighted by atomic mass is 10.1. The van der Waals surface area contributed by atoms with Crippen LogP contribution in [0, 0.1) is 0 Å². The van der Waals surface area contributed by atoms with Gasteiger partial charge in [-0.05, 0) is 12.1 Å². The number of hydrogen-bond donors (Lipinski definition) is 1. The van der Waals surface area contributed by atoms with E-state index in [0.717, 1.165) is 7.05 Å². The molecule has 3 nitrogen and oxygen atoms in total. The average molecular weight is 232 g/mol. The van der Waals surface area contributed by atoms with E-state index >= 15 is 0 Å². The number of nitrogen functional groups attached to an aromatic ring is 1. The van der Waals surface area contributed by atoms with E-state index in [9.17, 15) is 18.0 Å². The molecule has 0 atom stereocenters. The first-order valence-electron chi connectivity index (χ1n) is 4.48. The van der Waals surface area contributed by atoms with Crippen LogP contribution in [0.4, 0.5) is 18.9 Å². The summed E-state index contributed by atoms with van der Waals surface area (Å²) >= 11 is 0. The predicted octanol–water partition coefficient (Wildman–Crippen LogP) is 1.90. The lowest BCUT2D eigenvalue weighted by molar-refractivity contribution is -0.138. The third kappa shape index (κ3) is 3.15. The van der Waals surface area contributed by atoms with Crippen molar-refractivity contribution in [1.82, 2.24) is 4.90 Å². The molecular formula is C10H11F3N2O. The highest BCUT2D eigenvalue weighted by atomic mass is 19.4. The normalized spacial score (nSPS) is 11.2. The van der Waals surface area contributed by atoms with E-state index < -0.39 is 18.6 Å². The van der Waals surface area contributed by atoms with Gasteiger partial charge in [-0.2, -0.15) is 13.2 Å². The molecule has 16 heavy (non-hydrogen) atoms. The monoisotopic (exact) mass is 232 g/mol. The van der Waals surface area contributed by atoms with Crippen LogP contribution in [0.5, 0.6) is 0 Å². The molecule has 1 amide bonds. The topological polar surface area (TPSA) is 46.3 Å².